The third-order valence-corrected chi connectivity index (χ3v) is 7.87. The van der Waals surface area contributed by atoms with Crippen LogP contribution in [0.3, 0.4) is 0 Å². The number of carbonyl (C=O) groups excluding carboxylic acids is 2. The van der Waals surface area contributed by atoms with E-state index in [1.54, 1.807) is 12.1 Å². The van der Waals surface area contributed by atoms with Gasteiger partial charge in [0, 0.05) is 5.56 Å². The third kappa shape index (κ3) is 9.43. The number of ketones is 2. The maximum absolute atomic E-state index is 12.4. The largest absolute Gasteiger partial charge is 0.450 e. The van der Waals surface area contributed by atoms with Crippen LogP contribution in [0.5, 0.6) is 0 Å². The Morgan fingerprint density at radius 1 is 0.730 bits per heavy atom. The van der Waals surface area contributed by atoms with Gasteiger partial charge in [-0.2, -0.15) is 13.2 Å². The predicted molar refractivity (Wildman–Crippen MR) is 144 cm³/mol. The molecule has 0 radical (unpaired) electrons. The van der Waals surface area contributed by atoms with Crippen molar-refractivity contribution in [1.82, 2.24) is 0 Å². The summed E-state index contributed by atoms with van der Waals surface area (Å²) in [6.07, 6.45) is 11.4. The highest BCUT2D eigenvalue weighted by atomic mass is 19.4. The molecule has 37 heavy (non-hydrogen) atoms. The second-order valence-electron chi connectivity index (χ2n) is 10.7. The Hall–Kier alpha value is -2.43. The minimum Gasteiger partial charge on any atom is -0.294 e. The van der Waals surface area contributed by atoms with E-state index in [0.717, 1.165) is 17.0 Å². The highest BCUT2D eigenvalue weighted by Gasteiger charge is 2.39. The fraction of sp³-hybridized carbons (Fsp3) is 0.562. The summed E-state index contributed by atoms with van der Waals surface area (Å²) < 4.78 is 37.2. The second-order valence-corrected chi connectivity index (χ2v) is 10.7. The van der Waals surface area contributed by atoms with Crippen molar-refractivity contribution in [2.75, 3.05) is 0 Å². The molecule has 0 bridgehead atoms. The first-order chi connectivity index (χ1) is 17.8. The van der Waals surface area contributed by atoms with E-state index in [1.165, 1.54) is 101 Å². The van der Waals surface area contributed by atoms with E-state index in [4.69, 9.17) is 0 Å². The Bertz CT molecular complexity index is 969. The minimum atomic E-state index is -4.98. The topological polar surface area (TPSA) is 34.1 Å². The number of unbranched alkanes of at least 4 members (excludes halogenated alkanes) is 7. The van der Waals surface area contributed by atoms with Crippen LogP contribution in [-0.2, 0) is 4.79 Å². The van der Waals surface area contributed by atoms with Gasteiger partial charge in [0.2, 0.25) is 5.78 Å². The van der Waals surface area contributed by atoms with Crippen LogP contribution in [0.4, 0.5) is 13.2 Å². The van der Waals surface area contributed by atoms with Gasteiger partial charge in [-0.25, -0.2) is 0 Å². The Morgan fingerprint density at radius 3 is 1.78 bits per heavy atom. The summed E-state index contributed by atoms with van der Waals surface area (Å²) in [6, 6.07) is 14.9. The molecule has 1 fully saturated rings. The summed E-state index contributed by atoms with van der Waals surface area (Å²) in [5.41, 5.74) is 3.37. The van der Waals surface area contributed by atoms with Crippen LogP contribution in [0, 0.1) is 5.92 Å². The van der Waals surface area contributed by atoms with Gasteiger partial charge in [0.05, 0.1) is 6.42 Å². The molecule has 5 heteroatoms. The molecule has 0 atom stereocenters. The summed E-state index contributed by atoms with van der Waals surface area (Å²) in [5, 5.41) is 0. The van der Waals surface area contributed by atoms with Gasteiger partial charge in [-0.15, -0.1) is 0 Å². The molecule has 0 unspecified atom stereocenters. The van der Waals surface area contributed by atoms with Crippen molar-refractivity contribution < 1.29 is 22.8 Å². The van der Waals surface area contributed by atoms with E-state index in [0.29, 0.717) is 5.92 Å². The smallest absolute Gasteiger partial charge is 0.294 e. The standard InChI is InChI=1S/C32H41F3O2/c1-2-3-4-5-6-7-8-9-10-24-11-13-25(14-12-24)26-15-17-27(18-16-26)28-19-21-29(22-20-28)30(36)23-31(37)32(33,34)35/h15-22,24-25H,2-14,23H2,1H3. The molecule has 0 aliphatic heterocycles. The zero-order valence-electron chi connectivity index (χ0n) is 22.1. The van der Waals surface area contributed by atoms with Gasteiger partial charge in [-0.05, 0) is 54.2 Å². The molecular weight excluding hydrogens is 473 g/mol. The van der Waals surface area contributed by atoms with Crippen molar-refractivity contribution in [3.8, 4) is 11.1 Å². The Balaban J connectivity index is 1.41. The van der Waals surface area contributed by atoms with E-state index in [-0.39, 0.29) is 5.56 Å². The average molecular weight is 515 g/mol. The predicted octanol–water partition coefficient (Wildman–Crippen LogP) is 9.86. The van der Waals surface area contributed by atoms with Crippen LogP contribution in [0.1, 0.15) is 119 Å². The van der Waals surface area contributed by atoms with Crippen molar-refractivity contribution in [2.45, 2.75) is 109 Å². The number of alkyl halides is 3. The van der Waals surface area contributed by atoms with Gasteiger partial charge >= 0.3 is 6.18 Å². The van der Waals surface area contributed by atoms with Gasteiger partial charge < -0.3 is 0 Å². The number of halogens is 3. The van der Waals surface area contributed by atoms with Crippen molar-refractivity contribution >= 4 is 11.6 Å². The van der Waals surface area contributed by atoms with Gasteiger partial charge in [0.15, 0.2) is 5.78 Å². The fourth-order valence-electron chi connectivity index (χ4n) is 5.50. The molecule has 1 saturated carbocycles. The highest BCUT2D eigenvalue weighted by molar-refractivity contribution is 6.09. The molecule has 3 rings (SSSR count). The lowest BCUT2D eigenvalue weighted by Gasteiger charge is -2.29. The van der Waals surface area contributed by atoms with Crippen LogP contribution in [0.15, 0.2) is 48.5 Å². The molecule has 0 amide bonds. The van der Waals surface area contributed by atoms with Gasteiger partial charge in [0.1, 0.15) is 0 Å². The van der Waals surface area contributed by atoms with Crippen LogP contribution >= 0.6 is 0 Å². The molecule has 0 heterocycles. The van der Waals surface area contributed by atoms with Gasteiger partial charge in [-0.3, -0.25) is 9.59 Å². The number of hydrogen-bond acceptors (Lipinski definition) is 2. The average Bonchev–Trinajstić information content (AvgIpc) is 2.90. The quantitative estimate of drug-likeness (QED) is 0.143. The lowest BCUT2D eigenvalue weighted by molar-refractivity contribution is -0.170. The molecule has 202 valence electrons. The number of rotatable bonds is 14. The van der Waals surface area contributed by atoms with Gasteiger partial charge in [0.25, 0.3) is 0 Å². The van der Waals surface area contributed by atoms with E-state index in [2.05, 4.69) is 31.2 Å². The van der Waals surface area contributed by atoms with Crippen molar-refractivity contribution in [3.05, 3.63) is 59.7 Å². The summed E-state index contributed by atoms with van der Waals surface area (Å²) in [4.78, 5) is 23.1. The van der Waals surface area contributed by atoms with E-state index < -0.39 is 24.2 Å². The molecular formula is C32H41F3O2. The SMILES string of the molecule is CCCCCCCCCCC1CCC(c2ccc(-c3ccc(C(=O)CC(=O)C(F)(F)F)cc3)cc2)CC1. The van der Waals surface area contributed by atoms with E-state index >= 15 is 0 Å². The van der Waals surface area contributed by atoms with Crippen LogP contribution in [-0.4, -0.2) is 17.7 Å². The Labute approximate surface area is 220 Å². The lowest BCUT2D eigenvalue weighted by Crippen LogP contribution is -2.25. The molecule has 2 aromatic rings. The van der Waals surface area contributed by atoms with Gasteiger partial charge in [-0.1, -0.05) is 113 Å². The summed E-state index contributed by atoms with van der Waals surface area (Å²) >= 11 is 0. The monoisotopic (exact) mass is 514 g/mol. The third-order valence-electron chi connectivity index (χ3n) is 7.87. The maximum atomic E-state index is 12.4. The second kappa shape index (κ2) is 14.5. The van der Waals surface area contributed by atoms with Crippen LogP contribution < -0.4 is 0 Å². The fourth-order valence-corrected chi connectivity index (χ4v) is 5.50. The summed E-state index contributed by atoms with van der Waals surface area (Å²) in [7, 11) is 0. The first-order valence-corrected chi connectivity index (χ1v) is 14.1. The van der Waals surface area contributed by atoms with Crippen molar-refractivity contribution in [2.24, 2.45) is 5.92 Å². The molecule has 0 aromatic heterocycles. The normalized spacial score (nSPS) is 18.1. The number of carbonyl (C=O) groups is 2. The van der Waals surface area contributed by atoms with Crippen molar-refractivity contribution in [3.63, 3.8) is 0 Å². The Morgan fingerprint density at radius 2 is 1.24 bits per heavy atom. The molecule has 1 aliphatic carbocycles. The molecule has 2 aromatic carbocycles. The molecule has 0 saturated heterocycles. The zero-order chi connectivity index (χ0) is 26.7. The first-order valence-electron chi connectivity index (χ1n) is 14.1. The van der Waals surface area contributed by atoms with Crippen LogP contribution in [0.25, 0.3) is 11.1 Å². The lowest BCUT2D eigenvalue weighted by atomic mass is 9.77. The number of hydrogen-bond donors (Lipinski definition) is 0. The summed E-state index contributed by atoms with van der Waals surface area (Å²) in [6.45, 7) is 2.26. The van der Waals surface area contributed by atoms with Crippen LogP contribution in [0.2, 0.25) is 0 Å². The van der Waals surface area contributed by atoms with E-state index in [1.807, 2.05) is 0 Å². The molecule has 1 aliphatic rings. The number of Topliss-reactive ketones (excluding diaryl/α,β-unsaturated/α-hetero) is 2. The molecule has 0 spiro atoms. The highest BCUT2D eigenvalue weighted by Crippen LogP contribution is 2.38. The Kier molecular flexibility index (Phi) is 11.4. The zero-order valence-corrected chi connectivity index (χ0v) is 22.1. The van der Waals surface area contributed by atoms with E-state index in [9.17, 15) is 22.8 Å². The number of benzene rings is 2. The first kappa shape index (κ1) is 29.1. The molecule has 2 nitrogen and oxygen atoms in total. The maximum Gasteiger partial charge on any atom is 0.450 e. The minimum absolute atomic E-state index is 0.113. The molecule has 0 N–H and O–H groups in total. The van der Waals surface area contributed by atoms with Crippen molar-refractivity contribution in [1.29, 1.82) is 0 Å². The summed E-state index contributed by atoms with van der Waals surface area (Å²) in [5.74, 6) is -1.35.